The Kier molecular flexibility index (Phi) is 6.82. The van der Waals surface area contributed by atoms with E-state index in [4.69, 9.17) is 4.74 Å². The highest BCUT2D eigenvalue weighted by atomic mass is 16.5. The van der Waals surface area contributed by atoms with Gasteiger partial charge in [-0.2, -0.15) is 0 Å². The van der Waals surface area contributed by atoms with Crippen LogP contribution in [-0.2, 0) is 16.0 Å². The second kappa shape index (κ2) is 10.1. The molecule has 1 heterocycles. The molecule has 3 aromatic carbocycles. The number of nitrogens with zero attached hydrogens (tertiary/aromatic N) is 1. The first-order valence-corrected chi connectivity index (χ1v) is 10.9. The lowest BCUT2D eigenvalue weighted by Gasteiger charge is -2.32. The molecule has 0 spiro atoms. The van der Waals surface area contributed by atoms with E-state index < -0.39 is 0 Å². The van der Waals surface area contributed by atoms with Crippen LogP contribution in [0, 0.1) is 0 Å². The molecular weight excluding hydrogens is 388 g/mol. The number of aryl methyl sites for hydroxylation is 1. The fourth-order valence-corrected chi connectivity index (χ4v) is 3.97. The predicted molar refractivity (Wildman–Crippen MR) is 122 cm³/mol. The summed E-state index contributed by atoms with van der Waals surface area (Å²) in [7, 11) is 0. The first-order chi connectivity index (χ1) is 15.2. The molecular formula is C26H28N2O3. The van der Waals surface area contributed by atoms with Crippen molar-refractivity contribution >= 4 is 22.6 Å². The average Bonchev–Trinajstić information content (AvgIpc) is 2.82. The van der Waals surface area contributed by atoms with Gasteiger partial charge in [-0.05, 0) is 47.7 Å². The van der Waals surface area contributed by atoms with E-state index in [0.717, 1.165) is 30.0 Å². The molecule has 0 radical (unpaired) electrons. The lowest BCUT2D eigenvalue weighted by Crippen LogP contribution is -2.47. The van der Waals surface area contributed by atoms with Gasteiger partial charge in [0.05, 0.1) is 0 Å². The number of piperidine rings is 1. The highest BCUT2D eigenvalue weighted by molar-refractivity contribution is 5.84. The van der Waals surface area contributed by atoms with E-state index >= 15 is 0 Å². The molecule has 0 atom stereocenters. The number of hydrogen-bond donors (Lipinski definition) is 1. The molecule has 0 aromatic heterocycles. The van der Waals surface area contributed by atoms with Crippen LogP contribution in [0.4, 0.5) is 0 Å². The van der Waals surface area contributed by atoms with Crippen molar-refractivity contribution in [3.8, 4) is 5.75 Å². The quantitative estimate of drug-likeness (QED) is 0.634. The molecule has 1 N–H and O–H groups in total. The second-order valence-electron chi connectivity index (χ2n) is 8.01. The fourth-order valence-electron chi connectivity index (χ4n) is 3.97. The monoisotopic (exact) mass is 416 g/mol. The van der Waals surface area contributed by atoms with Crippen LogP contribution in [0.2, 0.25) is 0 Å². The van der Waals surface area contributed by atoms with Crippen LogP contribution in [0.3, 0.4) is 0 Å². The number of carbonyl (C=O) groups excluding carboxylic acids is 2. The minimum Gasteiger partial charge on any atom is -0.484 e. The van der Waals surface area contributed by atoms with Gasteiger partial charge in [-0.25, -0.2) is 0 Å². The Bertz CT molecular complexity index is 1030. The van der Waals surface area contributed by atoms with Crippen LogP contribution in [0.5, 0.6) is 5.75 Å². The molecule has 5 nitrogen and oxygen atoms in total. The fraction of sp³-hybridized carbons (Fsp3) is 0.308. The summed E-state index contributed by atoms with van der Waals surface area (Å²) in [6, 6.07) is 24.1. The number of benzene rings is 3. The van der Waals surface area contributed by atoms with Crippen LogP contribution in [0.25, 0.3) is 10.8 Å². The minimum atomic E-state index is -0.0120. The molecule has 1 aliphatic rings. The number of amides is 2. The molecule has 0 aliphatic carbocycles. The number of fused-ring (bicyclic) bond motifs is 1. The number of likely N-dealkylation sites (tertiary alicyclic amines) is 1. The highest BCUT2D eigenvalue weighted by Crippen LogP contribution is 2.21. The van der Waals surface area contributed by atoms with Crippen LogP contribution in [0.1, 0.15) is 24.8 Å². The van der Waals surface area contributed by atoms with Gasteiger partial charge >= 0.3 is 0 Å². The number of nitrogens with one attached hydrogen (secondary N) is 1. The number of hydrogen-bond acceptors (Lipinski definition) is 3. The molecule has 160 valence electrons. The molecule has 1 fully saturated rings. The van der Waals surface area contributed by atoms with E-state index in [1.165, 1.54) is 5.56 Å². The van der Waals surface area contributed by atoms with Gasteiger partial charge in [0, 0.05) is 25.6 Å². The van der Waals surface area contributed by atoms with E-state index in [0.29, 0.717) is 25.3 Å². The van der Waals surface area contributed by atoms with E-state index in [1.54, 1.807) is 0 Å². The maximum absolute atomic E-state index is 12.5. The molecule has 2 amide bonds. The summed E-state index contributed by atoms with van der Waals surface area (Å²) in [6.45, 7) is 1.32. The van der Waals surface area contributed by atoms with Crippen LogP contribution in [-0.4, -0.2) is 42.5 Å². The summed E-state index contributed by atoms with van der Waals surface area (Å²) in [5.74, 6) is 0.767. The lowest BCUT2D eigenvalue weighted by molar-refractivity contribution is -0.134. The third-order valence-electron chi connectivity index (χ3n) is 5.78. The van der Waals surface area contributed by atoms with Gasteiger partial charge in [0.2, 0.25) is 5.91 Å². The van der Waals surface area contributed by atoms with E-state index in [9.17, 15) is 9.59 Å². The first kappa shape index (κ1) is 20.9. The normalized spacial score (nSPS) is 14.4. The van der Waals surface area contributed by atoms with Crippen LogP contribution >= 0.6 is 0 Å². The standard InChI is InChI=1S/C26H28N2O3/c29-25(13-10-20-6-2-1-3-7-20)27-23-14-16-28(17-15-23)26(30)19-31-24-12-11-21-8-4-5-9-22(21)18-24/h1-9,11-12,18,23H,10,13-17,19H2,(H,27,29). The van der Waals surface area contributed by atoms with Gasteiger partial charge in [0.1, 0.15) is 5.75 Å². The molecule has 1 saturated heterocycles. The SMILES string of the molecule is O=C(CCc1ccccc1)NC1CCN(C(=O)COc2ccc3ccccc3c2)CC1. The molecule has 1 aliphatic heterocycles. The zero-order valence-electron chi connectivity index (χ0n) is 17.6. The number of rotatable bonds is 7. The Labute approximate surface area is 183 Å². The highest BCUT2D eigenvalue weighted by Gasteiger charge is 2.24. The summed E-state index contributed by atoms with van der Waals surface area (Å²) < 4.78 is 5.73. The summed E-state index contributed by atoms with van der Waals surface area (Å²) >= 11 is 0. The average molecular weight is 417 g/mol. The summed E-state index contributed by atoms with van der Waals surface area (Å²) in [6.07, 6.45) is 2.79. The van der Waals surface area contributed by atoms with Gasteiger partial charge in [0.15, 0.2) is 6.61 Å². The Morgan fingerprint density at radius 1 is 0.903 bits per heavy atom. The van der Waals surface area contributed by atoms with Gasteiger partial charge < -0.3 is 15.0 Å². The zero-order chi connectivity index (χ0) is 21.5. The Morgan fingerprint density at radius 3 is 2.39 bits per heavy atom. The maximum atomic E-state index is 12.5. The molecule has 0 bridgehead atoms. The van der Waals surface area contributed by atoms with E-state index in [-0.39, 0.29) is 24.5 Å². The predicted octanol–water partition coefficient (Wildman–Crippen LogP) is 3.96. The topological polar surface area (TPSA) is 58.6 Å². The summed E-state index contributed by atoms with van der Waals surface area (Å²) in [5, 5.41) is 5.36. The Balaban J connectivity index is 1.18. The van der Waals surface area contributed by atoms with Gasteiger partial charge in [-0.3, -0.25) is 9.59 Å². The van der Waals surface area contributed by atoms with Crippen molar-refractivity contribution in [2.75, 3.05) is 19.7 Å². The first-order valence-electron chi connectivity index (χ1n) is 10.9. The Morgan fingerprint density at radius 2 is 1.61 bits per heavy atom. The van der Waals surface area contributed by atoms with Crippen LogP contribution < -0.4 is 10.1 Å². The van der Waals surface area contributed by atoms with Crippen molar-refractivity contribution in [2.24, 2.45) is 0 Å². The van der Waals surface area contributed by atoms with Gasteiger partial charge in [-0.1, -0.05) is 60.7 Å². The molecule has 0 unspecified atom stereocenters. The van der Waals surface area contributed by atoms with Crippen molar-refractivity contribution in [2.45, 2.75) is 31.7 Å². The van der Waals surface area contributed by atoms with E-state index in [2.05, 4.69) is 11.4 Å². The third-order valence-corrected chi connectivity index (χ3v) is 5.78. The molecule has 3 aromatic rings. The molecule has 0 saturated carbocycles. The van der Waals surface area contributed by atoms with Crippen molar-refractivity contribution in [1.29, 1.82) is 0 Å². The molecule has 5 heteroatoms. The number of carbonyl (C=O) groups is 2. The Hall–Kier alpha value is -3.34. The van der Waals surface area contributed by atoms with Gasteiger partial charge in [0.25, 0.3) is 5.91 Å². The van der Waals surface area contributed by atoms with Crippen LogP contribution in [0.15, 0.2) is 72.8 Å². The third kappa shape index (κ3) is 5.85. The van der Waals surface area contributed by atoms with Crippen molar-refractivity contribution in [3.05, 3.63) is 78.4 Å². The smallest absolute Gasteiger partial charge is 0.260 e. The molecule has 4 rings (SSSR count). The van der Waals surface area contributed by atoms with Crippen molar-refractivity contribution < 1.29 is 14.3 Å². The molecule has 31 heavy (non-hydrogen) atoms. The van der Waals surface area contributed by atoms with Crippen molar-refractivity contribution in [1.82, 2.24) is 10.2 Å². The maximum Gasteiger partial charge on any atom is 0.260 e. The lowest BCUT2D eigenvalue weighted by atomic mass is 10.0. The number of ether oxygens (including phenoxy) is 1. The second-order valence-corrected chi connectivity index (χ2v) is 8.01. The summed E-state index contributed by atoms with van der Waals surface area (Å²) in [5.41, 5.74) is 1.17. The van der Waals surface area contributed by atoms with E-state index in [1.807, 2.05) is 71.6 Å². The summed E-state index contributed by atoms with van der Waals surface area (Å²) in [4.78, 5) is 26.6. The largest absolute Gasteiger partial charge is 0.484 e. The van der Waals surface area contributed by atoms with Gasteiger partial charge in [-0.15, -0.1) is 0 Å². The van der Waals surface area contributed by atoms with Crippen molar-refractivity contribution in [3.63, 3.8) is 0 Å². The zero-order valence-corrected chi connectivity index (χ0v) is 17.6. The minimum absolute atomic E-state index is 0.0120.